The molecule has 3 aromatic carbocycles. The van der Waals surface area contributed by atoms with E-state index in [0.29, 0.717) is 44.7 Å². The van der Waals surface area contributed by atoms with Crippen LogP contribution in [0.1, 0.15) is 28.4 Å². The lowest BCUT2D eigenvalue weighted by Gasteiger charge is -2.12. The van der Waals surface area contributed by atoms with Crippen LogP contribution in [0.2, 0.25) is 10.0 Å². The Balaban J connectivity index is 1.48. The van der Waals surface area contributed by atoms with Gasteiger partial charge in [0.1, 0.15) is 12.4 Å². The van der Waals surface area contributed by atoms with E-state index >= 15 is 0 Å². The number of benzene rings is 3. The molecule has 1 amide bonds. The molecule has 1 N–H and O–H groups in total. The number of carbonyl (C=O) groups excluding carboxylic acids is 1. The van der Waals surface area contributed by atoms with Crippen LogP contribution in [0.5, 0.6) is 5.75 Å². The van der Waals surface area contributed by atoms with Crippen molar-refractivity contribution in [1.82, 2.24) is 4.90 Å². The molecule has 35 heavy (non-hydrogen) atoms. The fourth-order valence-electron chi connectivity index (χ4n) is 3.30. The van der Waals surface area contributed by atoms with Gasteiger partial charge in [0.05, 0.1) is 16.2 Å². The Hall–Kier alpha value is -3.26. The van der Waals surface area contributed by atoms with E-state index in [0.717, 1.165) is 11.1 Å². The van der Waals surface area contributed by atoms with Gasteiger partial charge in [-0.2, -0.15) is 0 Å². The van der Waals surface area contributed by atoms with E-state index < -0.39 is 5.97 Å². The van der Waals surface area contributed by atoms with Crippen molar-refractivity contribution in [3.05, 3.63) is 98.4 Å². The molecule has 4 rings (SSSR count). The van der Waals surface area contributed by atoms with E-state index in [-0.39, 0.29) is 11.5 Å². The average molecular weight is 527 g/mol. The Morgan fingerprint density at radius 1 is 1.11 bits per heavy atom. The molecule has 1 heterocycles. The van der Waals surface area contributed by atoms with E-state index in [2.05, 4.69) is 4.99 Å². The molecule has 0 aliphatic carbocycles. The van der Waals surface area contributed by atoms with Crippen LogP contribution >= 0.6 is 35.0 Å². The number of amidine groups is 1. The van der Waals surface area contributed by atoms with Crippen molar-refractivity contribution in [1.29, 1.82) is 0 Å². The Morgan fingerprint density at radius 3 is 2.57 bits per heavy atom. The second-order valence-corrected chi connectivity index (χ2v) is 9.36. The summed E-state index contributed by atoms with van der Waals surface area (Å²) >= 11 is 13.4. The first-order valence-electron chi connectivity index (χ1n) is 10.6. The number of hydrogen-bond donors (Lipinski definition) is 1. The molecule has 1 fully saturated rings. The zero-order valence-electron chi connectivity index (χ0n) is 18.6. The van der Waals surface area contributed by atoms with Crippen LogP contribution < -0.4 is 4.74 Å². The molecule has 0 saturated carbocycles. The molecule has 0 spiro atoms. The van der Waals surface area contributed by atoms with Gasteiger partial charge in [-0.15, -0.1) is 0 Å². The van der Waals surface area contributed by atoms with Crippen LogP contribution in [0.4, 0.5) is 5.69 Å². The summed E-state index contributed by atoms with van der Waals surface area (Å²) in [5, 5.41) is 10.8. The Morgan fingerprint density at radius 2 is 1.89 bits per heavy atom. The summed E-state index contributed by atoms with van der Waals surface area (Å²) in [6.07, 6.45) is 1.80. The summed E-state index contributed by atoms with van der Waals surface area (Å²) in [6, 6.07) is 18.9. The van der Waals surface area contributed by atoms with Gasteiger partial charge in [0, 0.05) is 22.2 Å². The van der Waals surface area contributed by atoms with Crippen LogP contribution in [0.3, 0.4) is 0 Å². The highest BCUT2D eigenvalue weighted by atomic mass is 35.5. The Labute approximate surface area is 216 Å². The molecule has 1 saturated heterocycles. The van der Waals surface area contributed by atoms with Crippen LogP contribution in [-0.2, 0) is 11.4 Å². The smallest absolute Gasteiger partial charge is 0.335 e. The summed E-state index contributed by atoms with van der Waals surface area (Å²) < 4.78 is 5.81. The van der Waals surface area contributed by atoms with E-state index in [1.807, 2.05) is 37.3 Å². The van der Waals surface area contributed by atoms with Gasteiger partial charge in [0.25, 0.3) is 5.91 Å². The first kappa shape index (κ1) is 24.9. The van der Waals surface area contributed by atoms with Crippen molar-refractivity contribution in [3.63, 3.8) is 0 Å². The van der Waals surface area contributed by atoms with Crippen molar-refractivity contribution in [2.75, 3.05) is 6.54 Å². The normalized spacial score (nSPS) is 15.7. The molecule has 9 heteroatoms. The third kappa shape index (κ3) is 6.06. The van der Waals surface area contributed by atoms with Gasteiger partial charge in [-0.1, -0.05) is 47.5 Å². The summed E-state index contributed by atoms with van der Waals surface area (Å²) in [6.45, 7) is 2.61. The number of carboxylic acids is 1. The van der Waals surface area contributed by atoms with Crippen LogP contribution in [0, 0.1) is 0 Å². The number of thioether (sulfide) groups is 1. The molecule has 6 nitrogen and oxygen atoms in total. The van der Waals surface area contributed by atoms with Crippen molar-refractivity contribution >= 4 is 63.8 Å². The minimum Gasteiger partial charge on any atom is -0.489 e. The number of nitrogens with zero attached hydrogens (tertiary/aromatic N) is 2. The van der Waals surface area contributed by atoms with Crippen molar-refractivity contribution in [2.24, 2.45) is 4.99 Å². The summed E-state index contributed by atoms with van der Waals surface area (Å²) in [4.78, 5) is 30.8. The van der Waals surface area contributed by atoms with Gasteiger partial charge in [-0.25, -0.2) is 9.79 Å². The SMILES string of the molecule is CCN1C(=O)/C(=C/c2ccc(OCc3ccc(Cl)cc3Cl)cc2)SC1=Nc1cccc(C(=O)O)c1. The van der Waals surface area contributed by atoms with Gasteiger partial charge in [-0.3, -0.25) is 9.69 Å². The number of carbonyl (C=O) groups is 2. The highest BCUT2D eigenvalue weighted by Gasteiger charge is 2.32. The minimum absolute atomic E-state index is 0.139. The van der Waals surface area contributed by atoms with Crippen molar-refractivity contribution < 1.29 is 19.4 Å². The zero-order chi connectivity index (χ0) is 24.9. The third-order valence-electron chi connectivity index (χ3n) is 5.11. The molecule has 1 aliphatic rings. The first-order chi connectivity index (χ1) is 16.8. The minimum atomic E-state index is -1.03. The maximum Gasteiger partial charge on any atom is 0.335 e. The van der Waals surface area contributed by atoms with Gasteiger partial charge in [0.2, 0.25) is 0 Å². The lowest BCUT2D eigenvalue weighted by molar-refractivity contribution is -0.122. The van der Waals surface area contributed by atoms with Crippen LogP contribution in [-0.4, -0.2) is 33.6 Å². The van der Waals surface area contributed by atoms with E-state index in [9.17, 15) is 14.7 Å². The van der Waals surface area contributed by atoms with E-state index in [1.165, 1.54) is 23.9 Å². The molecule has 1 aliphatic heterocycles. The second kappa shape index (κ2) is 11.0. The number of halogens is 2. The number of aromatic carboxylic acids is 1. The van der Waals surface area contributed by atoms with Gasteiger partial charge in [-0.05, 0) is 72.8 Å². The lowest BCUT2D eigenvalue weighted by atomic mass is 10.2. The number of aliphatic imine (C=N–C) groups is 1. The molecule has 3 aromatic rings. The second-order valence-electron chi connectivity index (χ2n) is 7.50. The summed E-state index contributed by atoms with van der Waals surface area (Å²) in [5.74, 6) is -0.513. The third-order valence-corrected chi connectivity index (χ3v) is 6.70. The van der Waals surface area contributed by atoms with Crippen molar-refractivity contribution in [2.45, 2.75) is 13.5 Å². The maximum absolute atomic E-state index is 12.9. The first-order valence-corrected chi connectivity index (χ1v) is 12.2. The highest BCUT2D eigenvalue weighted by Crippen LogP contribution is 2.34. The Bertz CT molecular complexity index is 1340. The van der Waals surface area contributed by atoms with Gasteiger partial charge >= 0.3 is 5.97 Å². The number of amides is 1. The standard InChI is InChI=1S/C26H20Cl2N2O4S/c1-2-30-24(31)23(35-26(30)29-20-5-3-4-17(13-20)25(32)33)12-16-6-10-21(11-7-16)34-15-18-8-9-19(27)14-22(18)28/h3-14H,2,15H2,1H3,(H,32,33)/b23-12-,29-26?. The zero-order valence-corrected chi connectivity index (χ0v) is 20.9. The molecule has 0 bridgehead atoms. The average Bonchev–Trinajstić information content (AvgIpc) is 3.13. The highest BCUT2D eigenvalue weighted by molar-refractivity contribution is 8.18. The molecule has 0 aromatic heterocycles. The topological polar surface area (TPSA) is 79.2 Å². The predicted octanol–water partition coefficient (Wildman–Crippen LogP) is 6.89. The largest absolute Gasteiger partial charge is 0.489 e. The molecule has 178 valence electrons. The van der Waals surface area contributed by atoms with E-state index in [4.69, 9.17) is 27.9 Å². The number of hydrogen-bond acceptors (Lipinski definition) is 5. The Kier molecular flexibility index (Phi) is 7.80. The van der Waals surface area contributed by atoms with Gasteiger partial charge < -0.3 is 9.84 Å². The number of carboxylic acid groups (broad SMARTS) is 1. The fourth-order valence-corrected chi connectivity index (χ4v) is 4.83. The fraction of sp³-hybridized carbons (Fsp3) is 0.115. The number of likely N-dealkylation sites (N-methyl/N-ethyl adjacent to an activating group) is 1. The van der Waals surface area contributed by atoms with Gasteiger partial charge in [0.15, 0.2) is 5.17 Å². The number of rotatable bonds is 7. The molecule has 0 atom stereocenters. The van der Waals surface area contributed by atoms with Crippen molar-refractivity contribution in [3.8, 4) is 5.75 Å². The predicted molar refractivity (Wildman–Crippen MR) is 141 cm³/mol. The molecular weight excluding hydrogens is 507 g/mol. The van der Waals surface area contributed by atoms with E-state index in [1.54, 1.807) is 35.2 Å². The monoisotopic (exact) mass is 526 g/mol. The lowest BCUT2D eigenvalue weighted by Crippen LogP contribution is -2.28. The summed E-state index contributed by atoms with van der Waals surface area (Å²) in [7, 11) is 0. The van der Waals surface area contributed by atoms with Crippen LogP contribution in [0.15, 0.2) is 76.6 Å². The molecule has 0 unspecified atom stereocenters. The quantitative estimate of drug-likeness (QED) is 0.339. The summed E-state index contributed by atoms with van der Waals surface area (Å²) in [5.41, 5.74) is 2.28. The van der Waals surface area contributed by atoms with Crippen LogP contribution in [0.25, 0.3) is 6.08 Å². The number of ether oxygens (including phenoxy) is 1. The maximum atomic E-state index is 12.9. The molecule has 0 radical (unpaired) electrons. The molecular formula is C26H20Cl2N2O4S.